The predicted octanol–water partition coefficient (Wildman–Crippen LogP) is 1.55. The molecule has 0 rings (SSSR count). The first kappa shape index (κ1) is 14.9. The molecule has 0 atom stereocenters. The average Bonchev–Trinajstić information content (AvgIpc) is 1.54. The molecule has 0 saturated heterocycles. The average molecular weight is 216 g/mol. The lowest BCUT2D eigenvalue weighted by Gasteiger charge is -2.32. The largest absolute Gasteiger partial charge is 0.276 e. The number of hydrogen-bond acceptors (Lipinski definition) is 1. The van der Waals surface area contributed by atoms with Crippen LogP contribution < -0.4 is 11.0 Å². The highest BCUT2D eigenvalue weighted by Crippen LogP contribution is 2.35. The summed E-state index contributed by atoms with van der Waals surface area (Å²) >= 11 is 0. The van der Waals surface area contributed by atoms with Crippen LogP contribution in [-0.2, 0) is 4.57 Å². The Balaban J connectivity index is 0. The zero-order chi connectivity index (χ0) is 9.23. The molecule has 0 unspecified atom stereocenters. The van der Waals surface area contributed by atoms with E-state index in [2.05, 4.69) is 0 Å². The Kier molecular flexibility index (Phi) is 6.46. The summed E-state index contributed by atoms with van der Waals surface area (Å²) < 4.78 is 12.9. The molecule has 76 valence electrons. The van der Waals surface area contributed by atoms with Crippen molar-refractivity contribution in [3.63, 3.8) is 0 Å². The molecule has 0 spiro atoms. The minimum atomic E-state index is -3.05. The fourth-order valence-corrected chi connectivity index (χ4v) is 2.76. The maximum absolute atomic E-state index is 11.3. The van der Waals surface area contributed by atoms with Crippen LogP contribution in [0.4, 0.5) is 0 Å². The Morgan fingerprint density at radius 2 is 1.33 bits per heavy atom. The van der Waals surface area contributed by atoms with E-state index in [1.54, 1.807) is 4.67 Å². The van der Waals surface area contributed by atoms with Crippen LogP contribution in [0.3, 0.4) is 0 Å². The highest BCUT2D eigenvalue weighted by Gasteiger charge is 2.26. The van der Waals surface area contributed by atoms with Crippen LogP contribution in [0.2, 0.25) is 0 Å². The maximum Gasteiger partial charge on any atom is 0.276 e. The van der Waals surface area contributed by atoms with Gasteiger partial charge in [0.15, 0.2) is 0 Å². The maximum atomic E-state index is 11.3. The van der Waals surface area contributed by atoms with Gasteiger partial charge in [-0.15, -0.1) is 12.4 Å². The smallest absolute Gasteiger partial charge is 0.271 e. The van der Waals surface area contributed by atoms with E-state index in [0.717, 1.165) is 0 Å². The molecule has 0 aromatic carbocycles. The third kappa shape index (κ3) is 4.43. The van der Waals surface area contributed by atoms with Crippen molar-refractivity contribution in [3.8, 4) is 0 Å². The molecule has 6 heteroatoms. The van der Waals surface area contributed by atoms with Crippen molar-refractivity contribution in [2.24, 2.45) is 11.0 Å². The molecule has 4 N–H and O–H groups in total. The standard InChI is InChI=1S/C6H18N3OP.ClH/c1-5(2)9(6(3)4)11(7,8)10;/h5-6H,1-4H3,(H4,7,8,10);1H. The number of rotatable bonds is 3. The van der Waals surface area contributed by atoms with Gasteiger partial charge in [0.1, 0.15) is 0 Å². The van der Waals surface area contributed by atoms with E-state index in [1.807, 2.05) is 27.7 Å². The van der Waals surface area contributed by atoms with Crippen molar-refractivity contribution in [1.29, 1.82) is 0 Å². The summed E-state index contributed by atoms with van der Waals surface area (Å²) in [4.78, 5) is 0. The van der Waals surface area contributed by atoms with E-state index >= 15 is 0 Å². The fourth-order valence-electron chi connectivity index (χ4n) is 1.32. The Morgan fingerprint density at radius 1 is 1.08 bits per heavy atom. The quantitative estimate of drug-likeness (QED) is 0.701. The van der Waals surface area contributed by atoms with Crippen molar-refractivity contribution >= 4 is 20.0 Å². The summed E-state index contributed by atoms with van der Waals surface area (Å²) in [5.74, 6) is 0. The highest BCUT2D eigenvalue weighted by molar-refractivity contribution is 7.56. The third-order valence-corrected chi connectivity index (χ3v) is 3.06. The lowest BCUT2D eigenvalue weighted by Crippen LogP contribution is -2.39. The van der Waals surface area contributed by atoms with E-state index in [0.29, 0.717) is 0 Å². The van der Waals surface area contributed by atoms with Crippen LogP contribution >= 0.6 is 20.0 Å². The molecule has 0 saturated carbocycles. The monoisotopic (exact) mass is 215 g/mol. The van der Waals surface area contributed by atoms with Gasteiger partial charge in [-0.3, -0.25) is 15.6 Å². The minimum Gasteiger partial charge on any atom is -0.271 e. The van der Waals surface area contributed by atoms with Gasteiger partial charge in [-0.05, 0) is 27.7 Å². The first-order valence-electron chi connectivity index (χ1n) is 3.72. The van der Waals surface area contributed by atoms with Gasteiger partial charge in [-0.2, -0.15) is 0 Å². The minimum absolute atomic E-state index is 0. The number of nitrogens with zero attached hydrogens (tertiary/aromatic N) is 1. The van der Waals surface area contributed by atoms with Gasteiger partial charge in [0.05, 0.1) is 0 Å². The molecule has 0 aliphatic carbocycles. The van der Waals surface area contributed by atoms with Crippen LogP contribution in [0.5, 0.6) is 0 Å². The molecular formula is C6H19ClN3OP. The second-order valence-electron chi connectivity index (χ2n) is 3.24. The Labute approximate surface area is 80.6 Å². The first-order chi connectivity index (χ1) is 4.76. The predicted molar refractivity (Wildman–Crippen MR) is 55.3 cm³/mol. The highest BCUT2D eigenvalue weighted by atomic mass is 35.5. The second-order valence-corrected chi connectivity index (χ2v) is 5.05. The lowest BCUT2D eigenvalue weighted by molar-refractivity contribution is 0.299. The van der Waals surface area contributed by atoms with Gasteiger partial charge in [0.2, 0.25) is 0 Å². The van der Waals surface area contributed by atoms with Crippen molar-refractivity contribution in [3.05, 3.63) is 0 Å². The number of hydrogen-bond donors (Lipinski definition) is 2. The Bertz CT molecular complexity index is 160. The molecule has 0 amide bonds. The summed E-state index contributed by atoms with van der Waals surface area (Å²) in [6, 6.07) is 0.242. The van der Waals surface area contributed by atoms with Crippen molar-refractivity contribution in [2.45, 2.75) is 39.8 Å². The zero-order valence-electron chi connectivity index (χ0n) is 8.02. The lowest BCUT2D eigenvalue weighted by atomic mass is 10.3. The fraction of sp³-hybridized carbons (Fsp3) is 1.00. The molecule has 0 bridgehead atoms. The van der Waals surface area contributed by atoms with Crippen molar-refractivity contribution in [1.82, 2.24) is 4.67 Å². The van der Waals surface area contributed by atoms with Crippen LogP contribution in [0.25, 0.3) is 0 Å². The second kappa shape index (κ2) is 5.20. The van der Waals surface area contributed by atoms with Crippen LogP contribution in [0.1, 0.15) is 27.7 Å². The summed E-state index contributed by atoms with van der Waals surface area (Å²) in [5, 5.41) is 0. The molecule has 12 heavy (non-hydrogen) atoms. The summed E-state index contributed by atoms with van der Waals surface area (Å²) in [5.41, 5.74) is 10.7. The Hall–Kier alpha value is 0.400. The van der Waals surface area contributed by atoms with Crippen LogP contribution in [0, 0.1) is 0 Å². The zero-order valence-corrected chi connectivity index (χ0v) is 9.73. The first-order valence-corrected chi connectivity index (χ1v) is 5.52. The summed E-state index contributed by atoms with van der Waals surface area (Å²) in [6.45, 7) is 7.69. The molecule has 0 aliphatic heterocycles. The molecule has 0 radical (unpaired) electrons. The van der Waals surface area contributed by atoms with Crippen molar-refractivity contribution < 1.29 is 4.57 Å². The Morgan fingerprint density at radius 3 is 1.33 bits per heavy atom. The number of nitrogens with two attached hydrogens (primary N) is 2. The molecule has 0 aromatic heterocycles. The molecule has 4 nitrogen and oxygen atoms in total. The van der Waals surface area contributed by atoms with Gasteiger partial charge in [0, 0.05) is 12.1 Å². The van der Waals surface area contributed by atoms with Gasteiger partial charge in [-0.1, -0.05) is 0 Å². The van der Waals surface area contributed by atoms with E-state index in [4.69, 9.17) is 11.0 Å². The van der Waals surface area contributed by atoms with Gasteiger partial charge < -0.3 is 0 Å². The number of halogens is 1. The SMILES string of the molecule is CC(C)N(C(C)C)P(N)(N)=O.Cl. The van der Waals surface area contributed by atoms with Crippen molar-refractivity contribution in [2.75, 3.05) is 0 Å². The molecule has 0 fully saturated rings. The molecule has 0 aliphatic rings. The third-order valence-electron chi connectivity index (χ3n) is 1.42. The van der Waals surface area contributed by atoms with E-state index < -0.39 is 7.59 Å². The van der Waals surface area contributed by atoms with Crippen LogP contribution in [0.15, 0.2) is 0 Å². The van der Waals surface area contributed by atoms with Gasteiger partial charge >= 0.3 is 0 Å². The topological polar surface area (TPSA) is 72.3 Å². The molecule has 0 aromatic rings. The summed E-state index contributed by atoms with van der Waals surface area (Å²) in [7, 11) is -3.05. The molecule has 0 heterocycles. The summed E-state index contributed by atoms with van der Waals surface area (Å²) in [6.07, 6.45) is 0. The van der Waals surface area contributed by atoms with E-state index in [9.17, 15) is 4.57 Å². The normalized spacial score (nSPS) is 12.4. The van der Waals surface area contributed by atoms with Gasteiger partial charge in [-0.25, -0.2) is 4.67 Å². The van der Waals surface area contributed by atoms with Gasteiger partial charge in [0.25, 0.3) is 7.59 Å². The van der Waals surface area contributed by atoms with E-state index in [1.165, 1.54) is 0 Å². The molecular weight excluding hydrogens is 197 g/mol. The van der Waals surface area contributed by atoms with E-state index in [-0.39, 0.29) is 24.5 Å². The van der Waals surface area contributed by atoms with Crippen LogP contribution in [-0.4, -0.2) is 16.8 Å².